The van der Waals surface area contributed by atoms with Gasteiger partial charge in [-0.1, -0.05) is 127 Å². The highest BCUT2D eigenvalue weighted by molar-refractivity contribution is 6.11. The highest BCUT2D eigenvalue weighted by Crippen LogP contribution is 2.48. The minimum absolute atomic E-state index is 0.875. The van der Waals surface area contributed by atoms with Crippen molar-refractivity contribution in [3.63, 3.8) is 0 Å². The molecule has 11 aromatic rings. The average molecular weight is 785 g/mol. The molecule has 0 saturated heterocycles. The monoisotopic (exact) mass is 784 g/mol. The maximum Gasteiger partial charge on any atom is 0.191 e. The van der Waals surface area contributed by atoms with E-state index in [1.54, 1.807) is 0 Å². The van der Waals surface area contributed by atoms with Crippen LogP contribution in [0.3, 0.4) is 0 Å². The summed E-state index contributed by atoms with van der Waals surface area (Å²) in [4.78, 5) is 7.51. The fourth-order valence-corrected chi connectivity index (χ4v) is 9.09. The molecule has 290 valence electrons. The van der Waals surface area contributed by atoms with Crippen molar-refractivity contribution >= 4 is 49.9 Å². The van der Waals surface area contributed by atoms with Crippen LogP contribution in [0.4, 0.5) is 17.1 Å². The summed E-state index contributed by atoms with van der Waals surface area (Å²) in [6.45, 7) is 2.17. The number of imidazole rings is 1. The Morgan fingerprint density at radius 2 is 1.07 bits per heavy atom. The minimum Gasteiger partial charge on any atom is -0.308 e. The van der Waals surface area contributed by atoms with Crippen LogP contribution in [0, 0.1) is 6.92 Å². The van der Waals surface area contributed by atoms with Crippen molar-refractivity contribution in [2.75, 3.05) is 4.90 Å². The van der Waals surface area contributed by atoms with Crippen LogP contribution in [0.25, 0.3) is 77.7 Å². The van der Waals surface area contributed by atoms with E-state index in [4.69, 9.17) is 4.98 Å². The second-order valence-corrected chi connectivity index (χ2v) is 15.6. The van der Waals surface area contributed by atoms with Crippen LogP contribution in [0.5, 0.6) is 0 Å². The lowest BCUT2D eigenvalue weighted by molar-refractivity contribution is 0.911. The second-order valence-electron chi connectivity index (χ2n) is 15.6. The molecule has 11 rings (SSSR count). The number of anilines is 3. The number of para-hydroxylation sites is 4. The van der Waals surface area contributed by atoms with Crippen molar-refractivity contribution in [2.24, 2.45) is 7.05 Å². The third-order valence-electron chi connectivity index (χ3n) is 12.0. The van der Waals surface area contributed by atoms with Gasteiger partial charge in [-0.15, -0.1) is 0 Å². The number of rotatable bonds is 8. The first kappa shape index (κ1) is 36.1. The van der Waals surface area contributed by atoms with Crippen LogP contribution in [0.1, 0.15) is 5.56 Å². The average Bonchev–Trinajstić information content (AvgIpc) is 3.84. The summed E-state index contributed by atoms with van der Waals surface area (Å²) in [5.41, 5.74) is 16.9. The molecule has 0 bridgehead atoms. The molecule has 0 atom stereocenters. The maximum atomic E-state index is 5.05. The molecule has 0 unspecified atom stereocenters. The molecule has 0 N–H and O–H groups in total. The zero-order valence-corrected chi connectivity index (χ0v) is 34.0. The fourth-order valence-electron chi connectivity index (χ4n) is 9.09. The summed E-state index contributed by atoms with van der Waals surface area (Å²) >= 11 is 0. The van der Waals surface area contributed by atoms with E-state index >= 15 is 0 Å². The lowest BCUT2D eigenvalue weighted by Crippen LogP contribution is -2.13. The quantitative estimate of drug-likeness (QED) is 0.144. The zero-order chi connectivity index (χ0) is 40.9. The van der Waals surface area contributed by atoms with E-state index in [1.165, 1.54) is 27.4 Å². The van der Waals surface area contributed by atoms with Crippen LogP contribution in [-0.4, -0.2) is 18.7 Å². The summed E-state index contributed by atoms with van der Waals surface area (Å²) < 4.78 is 6.80. The van der Waals surface area contributed by atoms with Gasteiger partial charge in [-0.3, -0.25) is 4.57 Å². The molecule has 8 aromatic carbocycles. The number of benzene rings is 8. The molecule has 0 amide bonds. The van der Waals surface area contributed by atoms with Crippen molar-refractivity contribution < 1.29 is 0 Å². The number of nitrogens with zero attached hydrogens (tertiary/aromatic N) is 5. The highest BCUT2D eigenvalue weighted by atomic mass is 15.2. The smallest absolute Gasteiger partial charge is 0.191 e. The minimum atomic E-state index is 0.875. The predicted octanol–water partition coefficient (Wildman–Crippen LogP) is 14.5. The van der Waals surface area contributed by atoms with Gasteiger partial charge in [0.1, 0.15) is 11.5 Å². The summed E-state index contributed by atoms with van der Waals surface area (Å²) in [7, 11) is 2.11. The van der Waals surface area contributed by atoms with Crippen LogP contribution in [0.15, 0.2) is 219 Å². The Balaban J connectivity index is 1.20. The zero-order valence-electron chi connectivity index (χ0n) is 34.0. The van der Waals surface area contributed by atoms with E-state index in [1.807, 2.05) is 6.20 Å². The molecule has 0 aliphatic rings. The molecule has 5 nitrogen and oxygen atoms in total. The summed E-state index contributed by atoms with van der Waals surface area (Å²) in [6, 6.07) is 74.2. The van der Waals surface area contributed by atoms with Crippen LogP contribution >= 0.6 is 0 Å². The normalized spacial score (nSPS) is 11.4. The van der Waals surface area contributed by atoms with Gasteiger partial charge in [0.2, 0.25) is 0 Å². The Morgan fingerprint density at radius 3 is 1.82 bits per heavy atom. The predicted molar refractivity (Wildman–Crippen MR) is 255 cm³/mol. The van der Waals surface area contributed by atoms with E-state index in [2.05, 4.69) is 245 Å². The first-order chi connectivity index (χ1) is 30.1. The standard InChI is InChI=1S/C56H42N5/c1-39-17-9-10-24-46(39)42-33-34-57-55(35-42)61-51-28-12-11-25-49(51)50-32-31-45(37-54(50)61)60(44-23-15-22-43(36-44)59-38-58(2)52-29-13-14-30-53(52)59)56-47(40-18-5-3-6-19-40)26-16-27-48(56)41-20-7-4-8-21-41/h3-38H,1-2H3/q+1. The SMILES string of the molecule is Cc1ccccc1-c1ccnc(-n2c3ccccc3c3ccc(N(c4cccc(-n5[cH+]n(C)c6ccccc65)c4)c4c(-c5ccccc5)cccc4-c4ccccc4)cc32)c1. The Kier molecular flexibility index (Phi) is 8.86. The van der Waals surface area contributed by atoms with Crippen molar-refractivity contribution in [1.29, 1.82) is 0 Å². The van der Waals surface area contributed by atoms with Gasteiger partial charge in [0.05, 0.1) is 22.4 Å². The van der Waals surface area contributed by atoms with Crippen LogP contribution < -0.4 is 4.90 Å². The van der Waals surface area contributed by atoms with Crippen molar-refractivity contribution in [3.8, 4) is 44.9 Å². The van der Waals surface area contributed by atoms with Gasteiger partial charge >= 0.3 is 0 Å². The Hall–Kier alpha value is -8.02. The van der Waals surface area contributed by atoms with E-state index in [-0.39, 0.29) is 0 Å². The molecule has 3 aromatic heterocycles. The van der Waals surface area contributed by atoms with Crippen molar-refractivity contribution in [2.45, 2.75) is 6.92 Å². The molecular formula is C56H42N5+. The summed E-state index contributed by atoms with van der Waals surface area (Å²) in [5, 5.41) is 2.35. The number of hydrogen-bond acceptors (Lipinski definition) is 2. The van der Waals surface area contributed by atoms with Gasteiger partial charge in [-0.2, -0.15) is 4.57 Å². The van der Waals surface area contributed by atoms with Crippen LogP contribution in [-0.2, 0) is 7.05 Å². The number of fused-ring (bicyclic) bond motifs is 4. The number of aromatic nitrogens is 4. The third kappa shape index (κ3) is 6.26. The molecule has 3 heterocycles. The lowest BCUT2D eigenvalue weighted by Gasteiger charge is -2.30. The topological polar surface area (TPSA) is 30.9 Å². The first-order valence-corrected chi connectivity index (χ1v) is 20.8. The van der Waals surface area contributed by atoms with E-state index in [9.17, 15) is 0 Å². The number of hydrogen-bond donors (Lipinski definition) is 0. The number of aryl methyl sites for hydroxylation is 2. The van der Waals surface area contributed by atoms with Gasteiger partial charge in [0.25, 0.3) is 0 Å². The molecular weight excluding hydrogens is 743 g/mol. The summed E-state index contributed by atoms with van der Waals surface area (Å²) in [5.74, 6) is 0.875. The fraction of sp³-hybridized carbons (Fsp3) is 0.0357. The van der Waals surface area contributed by atoms with Crippen molar-refractivity contribution in [1.82, 2.24) is 18.7 Å². The summed E-state index contributed by atoms with van der Waals surface area (Å²) in [6.07, 6.45) is 4.11. The molecule has 0 aliphatic heterocycles. The van der Waals surface area contributed by atoms with Crippen LogP contribution in [0.2, 0.25) is 0 Å². The second kappa shape index (κ2) is 15.0. The van der Waals surface area contributed by atoms with Gasteiger partial charge in [0, 0.05) is 65.1 Å². The lowest BCUT2D eigenvalue weighted by atomic mass is 9.94. The van der Waals surface area contributed by atoms with Crippen molar-refractivity contribution in [3.05, 3.63) is 224 Å². The molecule has 0 fully saturated rings. The molecule has 0 radical (unpaired) electrons. The largest absolute Gasteiger partial charge is 0.308 e. The molecule has 61 heavy (non-hydrogen) atoms. The molecule has 0 spiro atoms. The highest BCUT2D eigenvalue weighted by Gasteiger charge is 2.25. The van der Waals surface area contributed by atoms with E-state index < -0.39 is 0 Å². The van der Waals surface area contributed by atoms with Gasteiger partial charge in [0.15, 0.2) is 17.4 Å². The van der Waals surface area contributed by atoms with E-state index in [0.717, 1.165) is 72.9 Å². The molecule has 0 aliphatic carbocycles. The molecule has 5 heteroatoms. The Bertz CT molecular complexity index is 3340. The Morgan fingerprint density at radius 1 is 0.459 bits per heavy atom. The van der Waals surface area contributed by atoms with E-state index in [0.29, 0.717) is 0 Å². The maximum absolute atomic E-state index is 5.05. The van der Waals surface area contributed by atoms with Gasteiger partial charge in [-0.05, 0) is 89.3 Å². The molecule has 0 saturated carbocycles. The van der Waals surface area contributed by atoms with Gasteiger partial charge < -0.3 is 4.90 Å². The third-order valence-corrected chi connectivity index (χ3v) is 12.0. The first-order valence-electron chi connectivity index (χ1n) is 20.8. The van der Waals surface area contributed by atoms with Gasteiger partial charge in [-0.25, -0.2) is 9.55 Å². The number of pyridine rings is 1. The Labute approximate surface area is 355 Å².